The van der Waals surface area contributed by atoms with Crippen molar-refractivity contribution in [2.24, 2.45) is 11.8 Å². The Balaban J connectivity index is 1.32. The van der Waals surface area contributed by atoms with E-state index in [9.17, 15) is 0 Å². The minimum atomic E-state index is 0.770. The van der Waals surface area contributed by atoms with Crippen molar-refractivity contribution in [1.82, 2.24) is 5.32 Å². The van der Waals surface area contributed by atoms with Crippen molar-refractivity contribution in [1.29, 1.82) is 0 Å². The fourth-order valence-electron chi connectivity index (χ4n) is 4.57. The Hall–Kier alpha value is -0.340. The zero-order chi connectivity index (χ0) is 12.8. The Morgan fingerprint density at radius 2 is 1.84 bits per heavy atom. The maximum Gasteiger partial charge on any atom is 0.0210 e. The lowest BCUT2D eigenvalue weighted by Crippen LogP contribution is -2.47. The number of benzene rings is 1. The van der Waals surface area contributed by atoms with Crippen LogP contribution in [0.4, 0.5) is 0 Å². The van der Waals surface area contributed by atoms with Gasteiger partial charge in [0.15, 0.2) is 0 Å². The third kappa shape index (κ3) is 2.27. The Bertz CT molecular complexity index is 466. The van der Waals surface area contributed by atoms with Crippen molar-refractivity contribution in [3.8, 4) is 0 Å². The first-order chi connectivity index (χ1) is 9.29. The summed E-state index contributed by atoms with van der Waals surface area (Å²) in [7, 11) is 0. The molecule has 3 saturated carbocycles. The normalized spacial score (nSPS) is 40.4. The number of rotatable bonds is 3. The molecule has 0 amide bonds. The minimum Gasteiger partial charge on any atom is -0.311 e. The summed E-state index contributed by atoms with van der Waals surface area (Å²) >= 11 is 3.69. The SMILES string of the molecule is Brc1ccccc1C1CC(NC2CC3CCC2C3)C1. The smallest absolute Gasteiger partial charge is 0.0210 e. The van der Waals surface area contributed by atoms with Gasteiger partial charge in [-0.25, -0.2) is 0 Å². The van der Waals surface area contributed by atoms with Crippen LogP contribution in [0.3, 0.4) is 0 Å². The van der Waals surface area contributed by atoms with Crippen LogP contribution in [0, 0.1) is 11.8 Å². The average Bonchev–Trinajstić information content (AvgIpc) is 2.96. The summed E-state index contributed by atoms with van der Waals surface area (Å²) in [5.41, 5.74) is 1.51. The van der Waals surface area contributed by atoms with E-state index < -0.39 is 0 Å². The molecule has 0 spiro atoms. The summed E-state index contributed by atoms with van der Waals surface area (Å²) in [6.45, 7) is 0. The maximum absolute atomic E-state index is 3.95. The second-order valence-corrected chi connectivity index (χ2v) is 7.69. The fourth-order valence-corrected chi connectivity index (χ4v) is 5.17. The van der Waals surface area contributed by atoms with Crippen LogP contribution in [0.2, 0.25) is 0 Å². The number of fused-ring (bicyclic) bond motifs is 2. The number of hydrogen-bond donors (Lipinski definition) is 1. The first-order valence-corrected chi connectivity index (χ1v) is 8.59. The molecule has 3 atom stereocenters. The van der Waals surface area contributed by atoms with Gasteiger partial charge in [0.1, 0.15) is 0 Å². The molecule has 4 rings (SSSR count). The van der Waals surface area contributed by atoms with E-state index in [1.165, 1.54) is 48.6 Å². The van der Waals surface area contributed by atoms with E-state index in [1.54, 1.807) is 0 Å². The zero-order valence-corrected chi connectivity index (χ0v) is 12.9. The predicted molar refractivity (Wildman–Crippen MR) is 82.3 cm³/mol. The molecule has 2 bridgehead atoms. The van der Waals surface area contributed by atoms with E-state index in [4.69, 9.17) is 0 Å². The third-order valence-electron chi connectivity index (χ3n) is 5.67. The van der Waals surface area contributed by atoms with Crippen LogP contribution in [-0.4, -0.2) is 12.1 Å². The molecular weight excluding hydrogens is 298 g/mol. The van der Waals surface area contributed by atoms with Crippen molar-refractivity contribution < 1.29 is 0 Å². The molecule has 0 aliphatic heterocycles. The van der Waals surface area contributed by atoms with E-state index in [2.05, 4.69) is 45.5 Å². The highest BCUT2D eigenvalue weighted by molar-refractivity contribution is 9.10. The van der Waals surface area contributed by atoms with Crippen molar-refractivity contribution in [3.05, 3.63) is 34.3 Å². The third-order valence-corrected chi connectivity index (χ3v) is 6.39. The summed E-state index contributed by atoms with van der Waals surface area (Å²) in [5, 5.41) is 3.95. The van der Waals surface area contributed by atoms with E-state index in [-0.39, 0.29) is 0 Å². The molecule has 102 valence electrons. The van der Waals surface area contributed by atoms with Gasteiger partial charge in [-0.05, 0) is 61.5 Å². The number of halogens is 1. The molecular formula is C17H22BrN. The summed E-state index contributed by atoms with van der Waals surface area (Å²) in [6, 6.07) is 10.4. The molecule has 1 aromatic carbocycles. The maximum atomic E-state index is 3.95. The summed E-state index contributed by atoms with van der Waals surface area (Å²) in [6.07, 6.45) is 8.63. The van der Waals surface area contributed by atoms with Gasteiger partial charge in [-0.2, -0.15) is 0 Å². The van der Waals surface area contributed by atoms with Gasteiger partial charge >= 0.3 is 0 Å². The van der Waals surface area contributed by atoms with Crippen LogP contribution in [0.15, 0.2) is 28.7 Å². The van der Waals surface area contributed by atoms with Crippen LogP contribution in [0.25, 0.3) is 0 Å². The standard InChI is InChI=1S/C17H22BrN/c18-16-4-2-1-3-15(16)13-9-14(10-13)19-17-8-11-5-6-12(17)7-11/h1-4,11-14,17,19H,5-10H2. The molecule has 3 aliphatic carbocycles. The van der Waals surface area contributed by atoms with Crippen molar-refractivity contribution >= 4 is 15.9 Å². The molecule has 3 fully saturated rings. The van der Waals surface area contributed by atoms with Crippen molar-refractivity contribution in [3.63, 3.8) is 0 Å². The first kappa shape index (κ1) is 12.4. The minimum absolute atomic E-state index is 0.770. The van der Waals surface area contributed by atoms with Crippen LogP contribution in [0.5, 0.6) is 0 Å². The van der Waals surface area contributed by atoms with E-state index in [0.717, 1.165) is 29.8 Å². The second-order valence-electron chi connectivity index (χ2n) is 6.83. The number of hydrogen-bond acceptors (Lipinski definition) is 1. The Morgan fingerprint density at radius 3 is 2.53 bits per heavy atom. The van der Waals surface area contributed by atoms with Crippen LogP contribution in [-0.2, 0) is 0 Å². The highest BCUT2D eigenvalue weighted by atomic mass is 79.9. The van der Waals surface area contributed by atoms with Crippen LogP contribution in [0.1, 0.15) is 50.0 Å². The molecule has 0 radical (unpaired) electrons. The summed E-state index contributed by atoms with van der Waals surface area (Å²) < 4.78 is 1.29. The molecule has 1 N–H and O–H groups in total. The fraction of sp³-hybridized carbons (Fsp3) is 0.647. The Labute approximate surface area is 124 Å². The lowest BCUT2D eigenvalue weighted by molar-refractivity contribution is 0.229. The summed E-state index contributed by atoms with van der Waals surface area (Å²) in [4.78, 5) is 0. The van der Waals surface area contributed by atoms with Gasteiger partial charge in [-0.3, -0.25) is 0 Å². The van der Waals surface area contributed by atoms with Gasteiger partial charge in [0.05, 0.1) is 0 Å². The first-order valence-electron chi connectivity index (χ1n) is 7.80. The Morgan fingerprint density at radius 1 is 1.00 bits per heavy atom. The van der Waals surface area contributed by atoms with Gasteiger partial charge < -0.3 is 5.32 Å². The van der Waals surface area contributed by atoms with Crippen LogP contribution < -0.4 is 5.32 Å². The molecule has 2 heteroatoms. The second kappa shape index (κ2) is 4.89. The lowest BCUT2D eigenvalue weighted by atomic mass is 9.75. The molecule has 0 saturated heterocycles. The van der Waals surface area contributed by atoms with Gasteiger partial charge in [0, 0.05) is 16.6 Å². The molecule has 3 aliphatic rings. The zero-order valence-electron chi connectivity index (χ0n) is 11.3. The molecule has 0 aromatic heterocycles. The van der Waals surface area contributed by atoms with Gasteiger partial charge in [-0.15, -0.1) is 0 Å². The monoisotopic (exact) mass is 319 g/mol. The predicted octanol–water partition coefficient (Wildman–Crippen LogP) is 4.47. The molecule has 0 heterocycles. The van der Waals surface area contributed by atoms with Crippen molar-refractivity contribution in [2.45, 2.75) is 56.5 Å². The number of nitrogens with one attached hydrogen (secondary N) is 1. The quantitative estimate of drug-likeness (QED) is 0.866. The van der Waals surface area contributed by atoms with E-state index >= 15 is 0 Å². The van der Waals surface area contributed by atoms with Gasteiger partial charge in [0.25, 0.3) is 0 Å². The van der Waals surface area contributed by atoms with Crippen molar-refractivity contribution in [2.75, 3.05) is 0 Å². The van der Waals surface area contributed by atoms with E-state index in [0.29, 0.717) is 0 Å². The largest absolute Gasteiger partial charge is 0.311 e. The van der Waals surface area contributed by atoms with Crippen LogP contribution >= 0.6 is 15.9 Å². The van der Waals surface area contributed by atoms with E-state index in [1.807, 2.05) is 0 Å². The summed E-state index contributed by atoms with van der Waals surface area (Å²) in [5.74, 6) is 2.83. The van der Waals surface area contributed by atoms with Gasteiger partial charge in [0.2, 0.25) is 0 Å². The lowest BCUT2D eigenvalue weighted by Gasteiger charge is -2.40. The molecule has 3 unspecified atom stereocenters. The Kier molecular flexibility index (Phi) is 3.19. The molecule has 1 aromatic rings. The van der Waals surface area contributed by atoms with Gasteiger partial charge in [-0.1, -0.05) is 40.5 Å². The molecule has 19 heavy (non-hydrogen) atoms. The topological polar surface area (TPSA) is 12.0 Å². The highest BCUT2D eigenvalue weighted by Gasteiger charge is 2.42. The molecule has 1 nitrogen and oxygen atoms in total. The highest BCUT2D eigenvalue weighted by Crippen LogP contribution is 2.46. The average molecular weight is 320 g/mol.